The topological polar surface area (TPSA) is 110 Å². The van der Waals surface area contributed by atoms with Gasteiger partial charge in [-0.15, -0.1) is 0 Å². The molecule has 0 N–H and O–H groups in total. The van der Waals surface area contributed by atoms with Gasteiger partial charge in [0.05, 0.1) is 15.9 Å². The molecule has 9 nitrogen and oxygen atoms in total. The minimum absolute atomic E-state index is 0.0403. The van der Waals surface area contributed by atoms with E-state index < -0.39 is 9.85 Å². The third-order valence-electron chi connectivity index (χ3n) is 5.22. The van der Waals surface area contributed by atoms with Crippen LogP contribution < -0.4 is 4.90 Å². The number of carbonyl (C=O) groups excluding carboxylic acids is 1. The summed E-state index contributed by atoms with van der Waals surface area (Å²) < 4.78 is 0. The minimum atomic E-state index is -0.639. The number of hydrogen-bond donors (Lipinski definition) is 0. The van der Waals surface area contributed by atoms with Crippen molar-refractivity contribution in [1.29, 1.82) is 0 Å². The van der Waals surface area contributed by atoms with E-state index in [-0.39, 0.29) is 23.2 Å². The fourth-order valence-electron chi connectivity index (χ4n) is 3.78. The highest BCUT2D eigenvalue weighted by molar-refractivity contribution is 5.79. The zero-order valence-corrected chi connectivity index (χ0v) is 14.5. The molecule has 0 radical (unpaired) electrons. The van der Waals surface area contributed by atoms with E-state index in [9.17, 15) is 25.0 Å². The Hall–Kier alpha value is -2.71. The highest BCUT2D eigenvalue weighted by Crippen LogP contribution is 2.34. The van der Waals surface area contributed by atoms with Crippen LogP contribution in [0.25, 0.3) is 0 Å². The van der Waals surface area contributed by atoms with Crippen molar-refractivity contribution in [3.05, 3.63) is 38.4 Å². The molecule has 0 spiro atoms. The molecule has 26 heavy (non-hydrogen) atoms. The Morgan fingerprint density at radius 3 is 2.19 bits per heavy atom. The van der Waals surface area contributed by atoms with Gasteiger partial charge in [-0.2, -0.15) is 0 Å². The van der Waals surface area contributed by atoms with Crippen LogP contribution in [0.1, 0.15) is 32.1 Å². The Morgan fingerprint density at radius 1 is 0.962 bits per heavy atom. The van der Waals surface area contributed by atoms with Gasteiger partial charge in [0.25, 0.3) is 11.4 Å². The van der Waals surface area contributed by atoms with Crippen molar-refractivity contribution in [1.82, 2.24) is 4.90 Å². The van der Waals surface area contributed by atoms with Crippen molar-refractivity contribution >= 4 is 23.0 Å². The summed E-state index contributed by atoms with van der Waals surface area (Å²) >= 11 is 0. The van der Waals surface area contributed by atoms with Crippen molar-refractivity contribution in [2.75, 3.05) is 31.1 Å². The van der Waals surface area contributed by atoms with E-state index in [1.165, 1.54) is 18.6 Å². The van der Waals surface area contributed by atoms with Gasteiger partial charge in [0.2, 0.25) is 5.91 Å². The van der Waals surface area contributed by atoms with E-state index in [2.05, 4.69) is 0 Å². The molecule has 0 atom stereocenters. The molecule has 2 aliphatic rings. The van der Waals surface area contributed by atoms with Crippen LogP contribution in [0.5, 0.6) is 0 Å². The van der Waals surface area contributed by atoms with Gasteiger partial charge in [-0.1, -0.05) is 0 Å². The number of piperidine rings is 2. The van der Waals surface area contributed by atoms with E-state index in [0.29, 0.717) is 31.6 Å². The van der Waals surface area contributed by atoms with Crippen LogP contribution in [0.15, 0.2) is 18.2 Å². The Morgan fingerprint density at radius 2 is 1.62 bits per heavy atom. The quantitative estimate of drug-likeness (QED) is 0.601. The number of amides is 1. The average Bonchev–Trinajstić information content (AvgIpc) is 2.67. The second-order valence-corrected chi connectivity index (χ2v) is 6.83. The number of likely N-dealkylation sites (tertiary alicyclic amines) is 1. The number of hydrogen-bond acceptors (Lipinski definition) is 6. The number of non-ortho nitro benzene ring substituents is 1. The number of carbonyl (C=O) groups is 1. The number of nitrogens with zero attached hydrogens (tertiary/aromatic N) is 4. The first-order chi connectivity index (χ1) is 12.5. The summed E-state index contributed by atoms with van der Waals surface area (Å²) in [5.74, 6) is 0.156. The largest absolute Gasteiger partial charge is 0.366 e. The van der Waals surface area contributed by atoms with Gasteiger partial charge in [0, 0.05) is 38.2 Å². The smallest absolute Gasteiger partial charge is 0.299 e. The predicted octanol–water partition coefficient (Wildman–Crippen LogP) is 2.73. The maximum absolute atomic E-state index is 12.6. The van der Waals surface area contributed by atoms with Gasteiger partial charge >= 0.3 is 0 Å². The van der Waals surface area contributed by atoms with Crippen molar-refractivity contribution in [2.45, 2.75) is 32.1 Å². The minimum Gasteiger partial charge on any atom is -0.366 e. The molecule has 1 aromatic rings. The van der Waals surface area contributed by atoms with Gasteiger partial charge in [0.1, 0.15) is 5.69 Å². The van der Waals surface area contributed by atoms with E-state index in [1.54, 1.807) is 0 Å². The maximum atomic E-state index is 12.6. The normalized spacial score (nSPS) is 18.6. The second kappa shape index (κ2) is 7.67. The lowest BCUT2D eigenvalue weighted by Crippen LogP contribution is -2.44. The Balaban J connectivity index is 1.68. The zero-order chi connectivity index (χ0) is 18.7. The van der Waals surface area contributed by atoms with Crippen molar-refractivity contribution in [3.63, 3.8) is 0 Å². The Bertz CT molecular complexity index is 709. The van der Waals surface area contributed by atoms with Crippen LogP contribution in [0.4, 0.5) is 17.1 Å². The molecule has 2 fully saturated rings. The van der Waals surface area contributed by atoms with Crippen molar-refractivity contribution < 1.29 is 14.6 Å². The molecule has 9 heteroatoms. The molecular formula is C17H22N4O5. The highest BCUT2D eigenvalue weighted by Gasteiger charge is 2.31. The number of rotatable bonds is 4. The highest BCUT2D eigenvalue weighted by atomic mass is 16.6. The first-order valence-electron chi connectivity index (χ1n) is 8.94. The molecule has 1 aromatic carbocycles. The maximum Gasteiger partial charge on any atom is 0.299 e. The SMILES string of the molecule is O=C(C1CCN(c2ccc([N+](=O)[O-])cc2[N+](=O)[O-])CC1)N1CCCCC1. The van der Waals surface area contributed by atoms with Crippen LogP contribution in [0.2, 0.25) is 0 Å². The van der Waals surface area contributed by atoms with Gasteiger partial charge in [-0.25, -0.2) is 0 Å². The fourth-order valence-corrected chi connectivity index (χ4v) is 3.78. The zero-order valence-electron chi connectivity index (χ0n) is 14.5. The average molecular weight is 362 g/mol. The lowest BCUT2D eigenvalue weighted by molar-refractivity contribution is -0.393. The summed E-state index contributed by atoms with van der Waals surface area (Å²) in [7, 11) is 0. The lowest BCUT2D eigenvalue weighted by Gasteiger charge is -2.36. The summed E-state index contributed by atoms with van der Waals surface area (Å²) in [4.78, 5) is 37.4. The molecule has 3 rings (SSSR count). The van der Waals surface area contributed by atoms with Gasteiger partial charge in [0.15, 0.2) is 0 Å². The molecule has 2 heterocycles. The molecule has 2 aliphatic heterocycles. The van der Waals surface area contributed by atoms with E-state index in [1.807, 2.05) is 9.80 Å². The summed E-state index contributed by atoms with van der Waals surface area (Å²) in [6.45, 7) is 2.71. The first-order valence-corrected chi connectivity index (χ1v) is 8.94. The second-order valence-electron chi connectivity index (χ2n) is 6.83. The van der Waals surface area contributed by atoms with Crippen molar-refractivity contribution in [3.8, 4) is 0 Å². The summed E-state index contributed by atoms with van der Waals surface area (Å²) in [6, 6.07) is 3.72. The lowest BCUT2D eigenvalue weighted by atomic mass is 9.94. The Labute approximate surface area is 150 Å². The van der Waals surface area contributed by atoms with Gasteiger partial charge in [-0.3, -0.25) is 25.0 Å². The summed E-state index contributed by atoms with van der Waals surface area (Å²) in [5, 5.41) is 22.2. The summed E-state index contributed by atoms with van der Waals surface area (Å²) in [5.41, 5.74) is -0.180. The van der Waals surface area contributed by atoms with Gasteiger partial charge in [-0.05, 0) is 38.2 Å². The van der Waals surface area contributed by atoms with Crippen LogP contribution >= 0.6 is 0 Å². The van der Waals surface area contributed by atoms with Crippen molar-refractivity contribution in [2.24, 2.45) is 5.92 Å². The molecule has 0 saturated carbocycles. The molecule has 0 unspecified atom stereocenters. The molecule has 2 saturated heterocycles. The molecule has 1 amide bonds. The van der Waals surface area contributed by atoms with E-state index >= 15 is 0 Å². The van der Waals surface area contributed by atoms with E-state index in [4.69, 9.17) is 0 Å². The molecule has 140 valence electrons. The standard InChI is InChI=1S/C17H22N4O5/c22-17(19-8-2-1-3-9-19)13-6-10-18(11-7-13)15-5-4-14(20(23)24)12-16(15)21(25)26/h4-5,12-13H,1-3,6-11H2. The van der Waals surface area contributed by atoms with Crippen LogP contribution in [-0.4, -0.2) is 46.8 Å². The van der Waals surface area contributed by atoms with E-state index in [0.717, 1.165) is 32.0 Å². The fraction of sp³-hybridized carbons (Fsp3) is 0.588. The number of anilines is 1. The van der Waals surface area contributed by atoms with Gasteiger partial charge < -0.3 is 9.80 Å². The van der Waals surface area contributed by atoms with Crippen LogP contribution in [-0.2, 0) is 4.79 Å². The molecule has 0 aliphatic carbocycles. The van der Waals surface area contributed by atoms with Crippen LogP contribution in [0.3, 0.4) is 0 Å². The predicted molar refractivity (Wildman–Crippen MR) is 95.1 cm³/mol. The molecular weight excluding hydrogens is 340 g/mol. The van der Waals surface area contributed by atoms with Crippen LogP contribution in [0, 0.1) is 26.1 Å². The third-order valence-corrected chi connectivity index (χ3v) is 5.22. The monoisotopic (exact) mass is 362 g/mol. The molecule has 0 bridgehead atoms. The number of nitro benzene ring substituents is 2. The third kappa shape index (κ3) is 3.76. The number of nitro groups is 2. The molecule has 0 aromatic heterocycles. The Kier molecular flexibility index (Phi) is 5.34. The first kappa shape index (κ1) is 18.1. The number of benzene rings is 1. The summed E-state index contributed by atoms with van der Waals surface area (Å²) in [6.07, 6.45) is 4.57.